The van der Waals surface area contributed by atoms with Gasteiger partial charge in [-0.3, -0.25) is 4.79 Å². The summed E-state index contributed by atoms with van der Waals surface area (Å²) in [6.07, 6.45) is 8.28. The maximum absolute atomic E-state index is 14.6. The molecule has 10 rings (SSSR count). The van der Waals surface area contributed by atoms with Gasteiger partial charge in [-0.1, -0.05) is 52.5 Å². The first-order valence-electron chi connectivity index (χ1n) is 22.7. The second-order valence-corrected chi connectivity index (χ2v) is 17.4. The molecule has 338 valence electrons. The van der Waals surface area contributed by atoms with Crippen molar-refractivity contribution in [2.24, 2.45) is 11.8 Å². The van der Waals surface area contributed by atoms with Crippen LogP contribution in [0.5, 0.6) is 0 Å². The standard InChI is InChI=1S/C24H31FN6O2.C21H27FN6O.CH4/c1-3-20-18-6-5-7-19(25)22(18)31(27-20)24-26-23(33-28-24)17-9-11-29(12-10-17)14-16-8-13-30(15-16)21(32)4-2;1-2-18-16-4-3-5-17(22)19(16)28(25-18)21-24-20(29-26-21)15-7-10-27(11-8-15)13-14-6-9-23-12-14;/h5-7,16-17H,3-4,8-15H2,1-2H3;3-5,14-15,23H,2,6-13H2,1H3;1H4/t16-;14-;/m10./s1. The van der Waals surface area contributed by atoms with E-state index in [9.17, 15) is 13.6 Å². The second kappa shape index (κ2) is 19.7. The number of carbonyl (C=O) groups excluding carboxylic acids is 1. The number of nitrogens with zero attached hydrogens (tertiary/aromatic N) is 11. The monoisotopic (exact) mass is 869 g/mol. The Hall–Kier alpha value is -5.13. The van der Waals surface area contributed by atoms with Gasteiger partial charge in [-0.25, -0.2) is 8.78 Å². The number of rotatable bonds is 11. The van der Waals surface area contributed by atoms with E-state index in [1.54, 1.807) is 12.1 Å². The van der Waals surface area contributed by atoms with E-state index in [4.69, 9.17) is 9.05 Å². The van der Waals surface area contributed by atoms with Crippen molar-refractivity contribution in [3.8, 4) is 11.9 Å². The minimum Gasteiger partial charge on any atom is -0.342 e. The van der Waals surface area contributed by atoms with Gasteiger partial charge in [-0.05, 0) is 125 Å². The average Bonchev–Trinajstić information content (AvgIpc) is 4.16. The van der Waals surface area contributed by atoms with Crippen LogP contribution in [0.2, 0.25) is 0 Å². The molecule has 17 heteroatoms. The van der Waals surface area contributed by atoms with Gasteiger partial charge in [0.15, 0.2) is 0 Å². The lowest BCUT2D eigenvalue weighted by Crippen LogP contribution is -2.37. The van der Waals surface area contributed by atoms with Crippen LogP contribution in [-0.4, -0.2) is 126 Å². The summed E-state index contributed by atoms with van der Waals surface area (Å²) in [6.45, 7) is 16.3. The van der Waals surface area contributed by atoms with Gasteiger partial charge in [-0.15, -0.1) is 0 Å². The van der Waals surface area contributed by atoms with Crippen molar-refractivity contribution in [3.05, 3.63) is 71.2 Å². The number of carbonyl (C=O) groups is 1. The predicted molar refractivity (Wildman–Crippen MR) is 236 cm³/mol. The number of hydrogen-bond donors (Lipinski definition) is 1. The Labute approximate surface area is 367 Å². The number of aromatic nitrogens is 8. The van der Waals surface area contributed by atoms with Crippen molar-refractivity contribution in [1.29, 1.82) is 0 Å². The first-order valence-corrected chi connectivity index (χ1v) is 22.7. The Morgan fingerprint density at radius 2 is 1.21 bits per heavy atom. The number of benzene rings is 2. The van der Waals surface area contributed by atoms with Gasteiger partial charge in [0.1, 0.15) is 22.7 Å². The van der Waals surface area contributed by atoms with Crippen molar-refractivity contribution < 1.29 is 22.6 Å². The molecule has 1 amide bonds. The molecule has 0 radical (unpaired) electrons. The van der Waals surface area contributed by atoms with E-state index in [0.29, 0.717) is 53.9 Å². The summed E-state index contributed by atoms with van der Waals surface area (Å²) in [5, 5.41) is 22.4. The van der Waals surface area contributed by atoms with Gasteiger partial charge in [0.25, 0.3) is 11.9 Å². The number of piperidine rings is 2. The van der Waals surface area contributed by atoms with Crippen molar-refractivity contribution in [2.75, 3.05) is 65.4 Å². The van der Waals surface area contributed by atoms with Crippen LogP contribution in [0.1, 0.15) is 108 Å². The Morgan fingerprint density at radius 1 is 0.698 bits per heavy atom. The van der Waals surface area contributed by atoms with Crippen molar-refractivity contribution in [1.82, 2.24) is 59.9 Å². The van der Waals surface area contributed by atoms with E-state index in [2.05, 4.69) is 45.6 Å². The highest BCUT2D eigenvalue weighted by Gasteiger charge is 2.32. The normalized spacial score (nSPS) is 20.4. The summed E-state index contributed by atoms with van der Waals surface area (Å²) in [6, 6.07) is 10.0. The lowest BCUT2D eigenvalue weighted by molar-refractivity contribution is -0.129. The topological polar surface area (TPSA) is 152 Å². The maximum atomic E-state index is 14.6. The molecule has 4 saturated heterocycles. The molecule has 0 saturated carbocycles. The molecule has 0 spiro atoms. The Balaban J connectivity index is 0.000000171. The summed E-state index contributed by atoms with van der Waals surface area (Å²) < 4.78 is 43.2. The number of fused-ring (bicyclic) bond motifs is 2. The fourth-order valence-corrected chi connectivity index (χ4v) is 9.90. The van der Waals surface area contributed by atoms with E-state index in [1.165, 1.54) is 34.5 Å². The van der Waals surface area contributed by atoms with Crippen LogP contribution in [0, 0.1) is 23.5 Å². The van der Waals surface area contributed by atoms with Crippen LogP contribution in [0.15, 0.2) is 45.4 Å². The lowest BCUT2D eigenvalue weighted by Gasteiger charge is -2.32. The third-order valence-electron chi connectivity index (χ3n) is 13.4. The van der Waals surface area contributed by atoms with Crippen LogP contribution in [0.4, 0.5) is 8.78 Å². The molecule has 4 aliphatic heterocycles. The van der Waals surface area contributed by atoms with Crippen LogP contribution in [0.25, 0.3) is 33.7 Å². The Kier molecular flexibility index (Phi) is 13.9. The summed E-state index contributed by atoms with van der Waals surface area (Å²) in [5.41, 5.74) is 2.45. The molecule has 6 aromatic rings. The molecule has 8 heterocycles. The Morgan fingerprint density at radius 3 is 1.67 bits per heavy atom. The first kappa shape index (κ1) is 44.5. The summed E-state index contributed by atoms with van der Waals surface area (Å²) in [7, 11) is 0. The molecule has 1 N–H and O–H groups in total. The second-order valence-electron chi connectivity index (χ2n) is 17.4. The molecule has 2 aromatic carbocycles. The smallest absolute Gasteiger partial charge is 0.291 e. The van der Waals surface area contributed by atoms with E-state index >= 15 is 0 Å². The van der Waals surface area contributed by atoms with E-state index < -0.39 is 0 Å². The van der Waals surface area contributed by atoms with Crippen LogP contribution in [0.3, 0.4) is 0 Å². The number of halogens is 2. The molecule has 15 nitrogen and oxygen atoms in total. The minimum absolute atomic E-state index is 0. The van der Waals surface area contributed by atoms with Crippen molar-refractivity contribution in [2.45, 2.75) is 97.8 Å². The molecule has 0 aliphatic carbocycles. The number of nitrogens with one attached hydrogen (secondary N) is 1. The van der Waals surface area contributed by atoms with Gasteiger partial charge >= 0.3 is 0 Å². The quantitative estimate of drug-likeness (QED) is 0.142. The number of hydrogen-bond acceptors (Lipinski definition) is 12. The average molecular weight is 869 g/mol. The maximum Gasteiger partial charge on any atom is 0.291 e. The SMILES string of the molecule is C.CCC(=O)N1CC[C@H](CN2CCC(c3nc(-n4nc(CC)c5cccc(F)c54)no3)CC2)C1.CCc1nn(-c2noc(C3CCN(C[C@H]4CCNC4)CC3)n2)c2c(F)cccc12. The summed E-state index contributed by atoms with van der Waals surface area (Å²) >= 11 is 0. The highest BCUT2D eigenvalue weighted by molar-refractivity contribution is 5.84. The van der Waals surface area contributed by atoms with Gasteiger partial charge < -0.3 is 29.1 Å². The highest BCUT2D eigenvalue weighted by atomic mass is 19.1. The summed E-state index contributed by atoms with van der Waals surface area (Å²) in [4.78, 5) is 28.2. The molecule has 2 atom stereocenters. The van der Waals surface area contributed by atoms with Gasteiger partial charge in [0.2, 0.25) is 17.7 Å². The zero-order valence-corrected chi connectivity index (χ0v) is 36.1. The van der Waals surface area contributed by atoms with E-state index in [-0.39, 0.29) is 42.8 Å². The number of aryl methyl sites for hydroxylation is 2. The highest BCUT2D eigenvalue weighted by Crippen LogP contribution is 2.32. The third kappa shape index (κ3) is 9.41. The zero-order valence-electron chi connectivity index (χ0n) is 36.1. The van der Waals surface area contributed by atoms with Crippen molar-refractivity contribution in [3.63, 3.8) is 0 Å². The molecular formula is C46H62F2N12O3. The molecule has 0 bridgehead atoms. The van der Waals surface area contributed by atoms with Crippen LogP contribution >= 0.6 is 0 Å². The van der Waals surface area contributed by atoms with Gasteiger partial charge in [0, 0.05) is 55.2 Å². The fourth-order valence-electron chi connectivity index (χ4n) is 9.90. The largest absolute Gasteiger partial charge is 0.342 e. The molecule has 4 aliphatic rings. The molecule has 63 heavy (non-hydrogen) atoms. The zero-order chi connectivity index (χ0) is 42.7. The molecule has 4 fully saturated rings. The first-order chi connectivity index (χ1) is 30.3. The number of amides is 1. The van der Waals surface area contributed by atoms with Crippen LogP contribution < -0.4 is 5.32 Å². The summed E-state index contributed by atoms with van der Waals surface area (Å²) in [5.74, 6) is 3.22. The Bertz CT molecular complexity index is 2460. The third-order valence-corrected chi connectivity index (χ3v) is 13.4. The molecule has 0 unspecified atom stereocenters. The molecular weight excluding hydrogens is 807 g/mol. The number of likely N-dealkylation sites (tertiary alicyclic amines) is 3. The predicted octanol–water partition coefficient (Wildman–Crippen LogP) is 7.08. The van der Waals surface area contributed by atoms with Crippen LogP contribution in [-0.2, 0) is 17.6 Å². The van der Waals surface area contributed by atoms with Gasteiger partial charge in [-0.2, -0.15) is 29.5 Å². The van der Waals surface area contributed by atoms with E-state index in [1.807, 2.05) is 37.8 Å². The lowest BCUT2D eigenvalue weighted by atomic mass is 9.95. The van der Waals surface area contributed by atoms with Gasteiger partial charge in [0.05, 0.1) is 11.4 Å². The fraction of sp³-hybridized carbons (Fsp3) is 0.587. The molecule has 4 aromatic heterocycles. The van der Waals surface area contributed by atoms with Crippen molar-refractivity contribution >= 4 is 27.7 Å². The minimum atomic E-state index is -0.342. The van der Waals surface area contributed by atoms with E-state index in [0.717, 1.165) is 119 Å². The number of para-hydroxylation sites is 2.